The smallest absolute Gasteiger partial charge is 0.191 e. The van der Waals surface area contributed by atoms with Gasteiger partial charge in [0.15, 0.2) is 5.96 Å². The maximum atomic E-state index is 6.19. The molecular weight excluding hydrogens is 479 g/mol. The molecule has 2 heterocycles. The van der Waals surface area contributed by atoms with Gasteiger partial charge < -0.3 is 25.0 Å². The number of nitrogens with zero attached hydrogens (tertiary/aromatic N) is 2. The lowest BCUT2D eigenvalue weighted by molar-refractivity contribution is 0.140. The van der Waals surface area contributed by atoms with E-state index >= 15 is 0 Å². The zero-order chi connectivity index (χ0) is 19.8. The summed E-state index contributed by atoms with van der Waals surface area (Å²) in [7, 11) is 1.82. The predicted molar refractivity (Wildman–Crippen MR) is 129 cm³/mol. The molecule has 2 fully saturated rings. The van der Waals surface area contributed by atoms with Crippen molar-refractivity contribution >= 4 is 29.9 Å². The number of aliphatic imine (C=N–C) groups is 1. The van der Waals surface area contributed by atoms with Gasteiger partial charge in [-0.25, -0.2) is 0 Å². The van der Waals surface area contributed by atoms with Crippen molar-refractivity contribution in [1.82, 2.24) is 15.5 Å². The molecule has 2 aliphatic rings. The van der Waals surface area contributed by atoms with Crippen LogP contribution in [0.5, 0.6) is 5.75 Å². The molecule has 3 rings (SSSR count). The second-order valence-electron chi connectivity index (χ2n) is 8.13. The van der Waals surface area contributed by atoms with Crippen LogP contribution in [0.2, 0.25) is 0 Å². The zero-order valence-corrected chi connectivity index (χ0v) is 20.4. The van der Waals surface area contributed by atoms with E-state index in [2.05, 4.69) is 52.6 Å². The molecule has 0 bridgehead atoms. The van der Waals surface area contributed by atoms with E-state index in [1.165, 1.54) is 31.5 Å². The van der Waals surface area contributed by atoms with Crippen molar-refractivity contribution < 1.29 is 9.47 Å². The molecule has 0 spiro atoms. The van der Waals surface area contributed by atoms with Gasteiger partial charge in [-0.3, -0.25) is 4.99 Å². The van der Waals surface area contributed by atoms with E-state index < -0.39 is 0 Å². The fourth-order valence-electron chi connectivity index (χ4n) is 3.84. The van der Waals surface area contributed by atoms with Crippen LogP contribution in [0.1, 0.15) is 37.3 Å². The van der Waals surface area contributed by atoms with Gasteiger partial charge in [0.1, 0.15) is 11.9 Å². The summed E-state index contributed by atoms with van der Waals surface area (Å²) in [5, 5.41) is 6.90. The van der Waals surface area contributed by atoms with Crippen LogP contribution >= 0.6 is 24.0 Å². The Kier molecular flexibility index (Phi) is 10.5. The average molecular weight is 516 g/mol. The molecule has 164 valence electrons. The quantitative estimate of drug-likeness (QED) is 0.316. The molecule has 6 nitrogen and oxygen atoms in total. The Morgan fingerprint density at radius 2 is 2.10 bits per heavy atom. The van der Waals surface area contributed by atoms with Gasteiger partial charge in [-0.1, -0.05) is 19.1 Å². The van der Waals surface area contributed by atoms with Crippen molar-refractivity contribution in [3.63, 3.8) is 0 Å². The summed E-state index contributed by atoms with van der Waals surface area (Å²) < 4.78 is 11.6. The molecule has 2 atom stereocenters. The highest BCUT2D eigenvalue weighted by Gasteiger charge is 2.19. The third kappa shape index (κ3) is 7.94. The summed E-state index contributed by atoms with van der Waals surface area (Å²) in [5.41, 5.74) is 2.35. The van der Waals surface area contributed by atoms with Crippen molar-refractivity contribution in [2.24, 2.45) is 10.9 Å². The minimum atomic E-state index is 0. The average Bonchev–Trinajstić information content (AvgIpc) is 3.37. The van der Waals surface area contributed by atoms with Gasteiger partial charge in [-0.05, 0) is 50.4 Å². The highest BCUT2D eigenvalue weighted by molar-refractivity contribution is 14.0. The molecule has 1 aromatic rings. The third-order valence-electron chi connectivity index (χ3n) is 5.46. The Bertz CT molecular complexity index is 644. The number of halogens is 1. The Balaban J connectivity index is 0.00000300. The van der Waals surface area contributed by atoms with Gasteiger partial charge in [0.05, 0.1) is 13.2 Å². The Labute approximate surface area is 192 Å². The van der Waals surface area contributed by atoms with Gasteiger partial charge in [0.2, 0.25) is 0 Å². The number of hydrogen-bond acceptors (Lipinski definition) is 4. The standard InChI is InChI=1S/C22H36N4O2.HI/c1-17-6-7-19(21(12-17)28-20-8-11-27-16-20)14-25-22(23-3)24-13-18(2)15-26-9-4-5-10-26;/h6-7,12,18,20H,4-5,8-11,13-16H2,1-3H3,(H2,23,24,25);1H. The first-order valence-corrected chi connectivity index (χ1v) is 10.6. The van der Waals surface area contributed by atoms with Crippen molar-refractivity contribution in [3.05, 3.63) is 29.3 Å². The molecule has 2 aliphatic heterocycles. The van der Waals surface area contributed by atoms with Crippen LogP contribution in [0.15, 0.2) is 23.2 Å². The Morgan fingerprint density at radius 1 is 1.31 bits per heavy atom. The van der Waals surface area contributed by atoms with E-state index in [1.807, 2.05) is 7.05 Å². The summed E-state index contributed by atoms with van der Waals surface area (Å²) in [5.74, 6) is 2.38. The zero-order valence-electron chi connectivity index (χ0n) is 18.1. The first-order chi connectivity index (χ1) is 13.6. The van der Waals surface area contributed by atoms with Gasteiger partial charge in [0, 0.05) is 38.7 Å². The predicted octanol–water partition coefficient (Wildman–Crippen LogP) is 3.18. The molecule has 1 aromatic carbocycles. The van der Waals surface area contributed by atoms with Crippen LogP contribution < -0.4 is 15.4 Å². The van der Waals surface area contributed by atoms with E-state index in [0.29, 0.717) is 19.1 Å². The van der Waals surface area contributed by atoms with Crippen LogP contribution in [0.3, 0.4) is 0 Å². The second kappa shape index (κ2) is 12.6. The highest BCUT2D eigenvalue weighted by atomic mass is 127. The summed E-state index contributed by atoms with van der Waals surface area (Å²) in [4.78, 5) is 6.94. The van der Waals surface area contributed by atoms with Gasteiger partial charge in [-0.15, -0.1) is 24.0 Å². The number of aryl methyl sites for hydroxylation is 1. The lowest BCUT2D eigenvalue weighted by atomic mass is 10.1. The number of likely N-dealkylation sites (tertiary alicyclic amines) is 1. The maximum Gasteiger partial charge on any atom is 0.191 e. The van der Waals surface area contributed by atoms with Crippen LogP contribution in [0.4, 0.5) is 0 Å². The lowest BCUT2D eigenvalue weighted by Gasteiger charge is -2.22. The number of ether oxygens (including phenoxy) is 2. The van der Waals surface area contributed by atoms with Crippen LogP contribution in [-0.4, -0.2) is 63.4 Å². The van der Waals surface area contributed by atoms with E-state index in [0.717, 1.165) is 43.4 Å². The lowest BCUT2D eigenvalue weighted by Crippen LogP contribution is -2.41. The molecule has 0 aromatic heterocycles. The van der Waals surface area contributed by atoms with E-state index in [4.69, 9.17) is 9.47 Å². The number of rotatable bonds is 8. The van der Waals surface area contributed by atoms with Crippen molar-refractivity contribution in [1.29, 1.82) is 0 Å². The molecule has 2 saturated heterocycles. The largest absolute Gasteiger partial charge is 0.488 e. The fourth-order valence-corrected chi connectivity index (χ4v) is 3.84. The summed E-state index contributed by atoms with van der Waals surface area (Å²) in [6, 6.07) is 6.38. The normalized spacial score (nSPS) is 20.9. The van der Waals surface area contributed by atoms with Gasteiger partial charge in [-0.2, -0.15) is 0 Å². The topological polar surface area (TPSA) is 58.1 Å². The van der Waals surface area contributed by atoms with Crippen LogP contribution in [0, 0.1) is 12.8 Å². The first-order valence-electron chi connectivity index (χ1n) is 10.6. The summed E-state index contributed by atoms with van der Waals surface area (Å²) in [6.07, 6.45) is 3.80. The van der Waals surface area contributed by atoms with Crippen LogP contribution in [-0.2, 0) is 11.3 Å². The minimum absolute atomic E-state index is 0. The van der Waals surface area contributed by atoms with Gasteiger partial charge >= 0.3 is 0 Å². The number of benzene rings is 1. The molecule has 0 aliphatic carbocycles. The Morgan fingerprint density at radius 3 is 2.79 bits per heavy atom. The van der Waals surface area contributed by atoms with Crippen molar-refractivity contribution in [2.45, 2.75) is 45.8 Å². The molecular formula is C22H37IN4O2. The first kappa shape index (κ1) is 24.2. The minimum Gasteiger partial charge on any atom is -0.488 e. The summed E-state index contributed by atoms with van der Waals surface area (Å²) in [6.45, 7) is 11.1. The van der Waals surface area contributed by atoms with E-state index in [-0.39, 0.29) is 30.1 Å². The number of guanidine groups is 1. The molecule has 2 unspecified atom stereocenters. The van der Waals surface area contributed by atoms with E-state index in [9.17, 15) is 0 Å². The SMILES string of the molecule is CN=C(NCc1ccc(C)cc1OC1CCOC1)NCC(C)CN1CCCC1.I. The molecule has 0 radical (unpaired) electrons. The van der Waals surface area contributed by atoms with E-state index in [1.54, 1.807) is 0 Å². The molecule has 0 saturated carbocycles. The Hall–Kier alpha value is -1.06. The maximum absolute atomic E-state index is 6.19. The fraction of sp³-hybridized carbons (Fsp3) is 0.682. The van der Waals surface area contributed by atoms with Crippen molar-refractivity contribution in [3.8, 4) is 5.75 Å². The van der Waals surface area contributed by atoms with Gasteiger partial charge in [0.25, 0.3) is 0 Å². The molecule has 29 heavy (non-hydrogen) atoms. The number of hydrogen-bond donors (Lipinski definition) is 2. The second-order valence-corrected chi connectivity index (χ2v) is 8.13. The molecule has 2 N–H and O–H groups in total. The molecule has 0 amide bonds. The van der Waals surface area contributed by atoms with Crippen molar-refractivity contribution in [2.75, 3.05) is 46.4 Å². The third-order valence-corrected chi connectivity index (χ3v) is 5.46. The highest BCUT2D eigenvalue weighted by Crippen LogP contribution is 2.23. The van der Waals surface area contributed by atoms with Crippen LogP contribution in [0.25, 0.3) is 0 Å². The monoisotopic (exact) mass is 516 g/mol. The number of nitrogens with one attached hydrogen (secondary N) is 2. The molecule has 7 heteroatoms. The summed E-state index contributed by atoms with van der Waals surface area (Å²) >= 11 is 0.